The normalized spacial score (nSPS) is 23.9. The van der Waals surface area contributed by atoms with E-state index in [0.717, 1.165) is 17.7 Å². The van der Waals surface area contributed by atoms with E-state index in [1.165, 1.54) is 31.4 Å². The lowest BCUT2D eigenvalue weighted by molar-refractivity contribution is -0.0164. The summed E-state index contributed by atoms with van der Waals surface area (Å²) in [4.78, 5) is 0. The van der Waals surface area contributed by atoms with Crippen molar-refractivity contribution in [1.82, 2.24) is 5.32 Å². The van der Waals surface area contributed by atoms with Crippen molar-refractivity contribution in [3.8, 4) is 5.75 Å². The average molecular weight is 233 g/mol. The van der Waals surface area contributed by atoms with E-state index >= 15 is 0 Å². The van der Waals surface area contributed by atoms with Gasteiger partial charge in [-0.2, -0.15) is 0 Å². The molecule has 1 N–H and O–H groups in total. The maximum atomic E-state index is 5.51. The molecule has 0 radical (unpaired) electrons. The Morgan fingerprint density at radius 2 is 2.29 bits per heavy atom. The summed E-state index contributed by atoms with van der Waals surface area (Å²) < 4.78 is 10.8. The molecule has 3 heteroatoms. The molecular formula is C14H19NO2. The first-order valence-electron chi connectivity index (χ1n) is 6.47. The lowest BCUT2D eigenvalue weighted by Gasteiger charge is -2.24. The third kappa shape index (κ3) is 2.61. The maximum Gasteiger partial charge on any atom is 0.189 e. The van der Waals surface area contributed by atoms with E-state index in [1.807, 2.05) is 0 Å². The average Bonchev–Trinajstić information content (AvgIpc) is 2.40. The van der Waals surface area contributed by atoms with Crippen LogP contribution < -0.4 is 10.1 Å². The zero-order valence-corrected chi connectivity index (χ0v) is 10.1. The first kappa shape index (κ1) is 11.1. The van der Waals surface area contributed by atoms with Crippen LogP contribution in [-0.2, 0) is 17.8 Å². The van der Waals surface area contributed by atoms with E-state index in [4.69, 9.17) is 9.47 Å². The van der Waals surface area contributed by atoms with Crippen LogP contribution in [0.2, 0.25) is 0 Å². The van der Waals surface area contributed by atoms with E-state index in [2.05, 4.69) is 23.5 Å². The first-order chi connectivity index (χ1) is 8.42. The van der Waals surface area contributed by atoms with Crippen molar-refractivity contribution < 1.29 is 9.47 Å². The Morgan fingerprint density at radius 1 is 1.29 bits per heavy atom. The van der Waals surface area contributed by atoms with Gasteiger partial charge in [-0.15, -0.1) is 0 Å². The Labute approximate surface area is 102 Å². The molecule has 0 aromatic heterocycles. The minimum Gasteiger partial charge on any atom is -0.467 e. The van der Waals surface area contributed by atoms with E-state index < -0.39 is 0 Å². The van der Waals surface area contributed by atoms with Crippen LogP contribution in [0.4, 0.5) is 0 Å². The van der Waals surface area contributed by atoms with Gasteiger partial charge in [0.25, 0.3) is 0 Å². The van der Waals surface area contributed by atoms with E-state index in [0.29, 0.717) is 19.4 Å². The van der Waals surface area contributed by atoms with Gasteiger partial charge in [0.15, 0.2) is 6.79 Å². The van der Waals surface area contributed by atoms with Gasteiger partial charge in [0.05, 0.1) is 6.61 Å². The van der Waals surface area contributed by atoms with Crippen LogP contribution in [0.1, 0.15) is 30.4 Å². The summed E-state index contributed by atoms with van der Waals surface area (Å²) in [5, 5.41) is 3.58. The second-order valence-electron chi connectivity index (χ2n) is 4.90. The molecule has 1 fully saturated rings. The molecule has 1 unspecified atom stereocenters. The van der Waals surface area contributed by atoms with Crippen molar-refractivity contribution in [1.29, 1.82) is 0 Å². The highest BCUT2D eigenvalue weighted by Crippen LogP contribution is 2.25. The highest BCUT2D eigenvalue weighted by molar-refractivity contribution is 5.38. The highest BCUT2D eigenvalue weighted by atomic mass is 16.7. The Kier molecular flexibility index (Phi) is 3.29. The molecule has 0 spiro atoms. The molecule has 2 aliphatic rings. The summed E-state index contributed by atoms with van der Waals surface area (Å²) in [5.74, 6) is 1.00. The number of ether oxygens (including phenoxy) is 2. The minimum atomic E-state index is 0.387. The Bertz CT molecular complexity index is 386. The summed E-state index contributed by atoms with van der Waals surface area (Å²) in [6, 6.07) is 7.15. The van der Waals surface area contributed by atoms with Crippen LogP contribution in [0.15, 0.2) is 18.2 Å². The summed E-state index contributed by atoms with van der Waals surface area (Å²) in [5.41, 5.74) is 2.53. The Balaban J connectivity index is 1.70. The molecule has 0 saturated carbocycles. The fraction of sp³-hybridized carbons (Fsp3) is 0.571. The van der Waals surface area contributed by atoms with Crippen LogP contribution in [0.5, 0.6) is 5.75 Å². The van der Waals surface area contributed by atoms with Crippen LogP contribution >= 0.6 is 0 Å². The molecule has 1 aromatic carbocycles. The number of piperidine rings is 1. The molecule has 92 valence electrons. The monoisotopic (exact) mass is 233 g/mol. The molecule has 0 aliphatic carbocycles. The van der Waals surface area contributed by atoms with Gasteiger partial charge >= 0.3 is 0 Å². The summed E-state index contributed by atoms with van der Waals surface area (Å²) >= 11 is 0. The van der Waals surface area contributed by atoms with Crippen LogP contribution in [0.25, 0.3) is 0 Å². The number of benzene rings is 1. The van der Waals surface area contributed by atoms with Crippen molar-refractivity contribution in [2.75, 3.05) is 13.3 Å². The van der Waals surface area contributed by atoms with Gasteiger partial charge in [-0.1, -0.05) is 18.6 Å². The van der Waals surface area contributed by atoms with Gasteiger partial charge < -0.3 is 14.8 Å². The van der Waals surface area contributed by atoms with Crippen molar-refractivity contribution in [2.24, 2.45) is 0 Å². The quantitative estimate of drug-likeness (QED) is 0.849. The molecule has 1 saturated heterocycles. The molecule has 1 aromatic rings. The van der Waals surface area contributed by atoms with E-state index in [1.54, 1.807) is 0 Å². The second kappa shape index (κ2) is 5.07. The highest BCUT2D eigenvalue weighted by Gasteiger charge is 2.15. The molecule has 3 nitrogen and oxygen atoms in total. The molecule has 17 heavy (non-hydrogen) atoms. The summed E-state index contributed by atoms with van der Waals surface area (Å²) in [6.07, 6.45) is 5.08. The van der Waals surface area contributed by atoms with Crippen molar-refractivity contribution in [3.63, 3.8) is 0 Å². The van der Waals surface area contributed by atoms with Gasteiger partial charge in [-0.25, -0.2) is 0 Å². The van der Waals surface area contributed by atoms with Gasteiger partial charge in [-0.05, 0) is 37.4 Å². The predicted molar refractivity (Wildman–Crippen MR) is 66.1 cm³/mol. The lowest BCUT2D eigenvalue weighted by atomic mass is 9.97. The van der Waals surface area contributed by atoms with Gasteiger partial charge in [0.2, 0.25) is 0 Å². The molecule has 3 rings (SSSR count). The largest absolute Gasteiger partial charge is 0.467 e. The SMILES string of the molecule is c1cc2c(cc1CC1CCCCN1)OCOC2. The Morgan fingerprint density at radius 3 is 3.18 bits per heavy atom. The summed E-state index contributed by atoms with van der Waals surface area (Å²) in [6.45, 7) is 2.23. The molecule has 0 bridgehead atoms. The molecule has 0 amide bonds. The van der Waals surface area contributed by atoms with Gasteiger partial charge in [0, 0.05) is 11.6 Å². The number of hydrogen-bond donors (Lipinski definition) is 1. The minimum absolute atomic E-state index is 0.387. The topological polar surface area (TPSA) is 30.5 Å². The van der Waals surface area contributed by atoms with Crippen molar-refractivity contribution >= 4 is 0 Å². The number of rotatable bonds is 2. The third-order valence-corrected chi connectivity index (χ3v) is 3.58. The smallest absolute Gasteiger partial charge is 0.189 e. The number of hydrogen-bond acceptors (Lipinski definition) is 3. The predicted octanol–water partition coefficient (Wildman–Crippen LogP) is 2.24. The van der Waals surface area contributed by atoms with Gasteiger partial charge in [-0.3, -0.25) is 0 Å². The van der Waals surface area contributed by atoms with E-state index in [9.17, 15) is 0 Å². The van der Waals surface area contributed by atoms with Crippen LogP contribution in [0.3, 0.4) is 0 Å². The zero-order valence-electron chi connectivity index (χ0n) is 10.1. The molecule has 1 atom stereocenters. The second-order valence-corrected chi connectivity index (χ2v) is 4.90. The molecule has 2 heterocycles. The van der Waals surface area contributed by atoms with Crippen molar-refractivity contribution in [3.05, 3.63) is 29.3 Å². The van der Waals surface area contributed by atoms with Crippen LogP contribution in [0, 0.1) is 0 Å². The number of fused-ring (bicyclic) bond motifs is 1. The van der Waals surface area contributed by atoms with Gasteiger partial charge in [0.1, 0.15) is 5.75 Å². The van der Waals surface area contributed by atoms with Crippen LogP contribution in [-0.4, -0.2) is 19.4 Å². The van der Waals surface area contributed by atoms with Crippen molar-refractivity contribution in [2.45, 2.75) is 38.3 Å². The standard InChI is InChI=1S/C14H19NO2/c1-2-6-15-13(3-1)7-11-4-5-12-9-16-10-17-14(12)8-11/h4-5,8,13,15H,1-3,6-7,9-10H2. The fourth-order valence-corrected chi connectivity index (χ4v) is 2.62. The number of nitrogens with one attached hydrogen (secondary N) is 1. The lowest BCUT2D eigenvalue weighted by Crippen LogP contribution is -2.35. The molecular weight excluding hydrogens is 214 g/mol. The Hall–Kier alpha value is -1.06. The maximum absolute atomic E-state index is 5.51. The summed E-state index contributed by atoms with van der Waals surface area (Å²) in [7, 11) is 0. The fourth-order valence-electron chi connectivity index (χ4n) is 2.62. The third-order valence-electron chi connectivity index (χ3n) is 3.58. The first-order valence-corrected chi connectivity index (χ1v) is 6.47. The molecule has 2 aliphatic heterocycles. The van der Waals surface area contributed by atoms with E-state index in [-0.39, 0.29) is 0 Å². The zero-order chi connectivity index (χ0) is 11.5.